The number of anilines is 1. The van der Waals surface area contributed by atoms with Gasteiger partial charge in [-0.05, 0) is 12.1 Å². The van der Waals surface area contributed by atoms with Crippen molar-refractivity contribution in [2.45, 2.75) is 18.8 Å². The van der Waals surface area contributed by atoms with Gasteiger partial charge < -0.3 is 25.8 Å². The molecule has 2 aromatic heterocycles. The molecule has 2 atom stereocenters. The Bertz CT molecular complexity index is 1120. The Morgan fingerprint density at radius 1 is 1.21 bits per heavy atom. The van der Waals surface area contributed by atoms with Crippen LogP contribution in [0.2, 0.25) is 0 Å². The van der Waals surface area contributed by atoms with E-state index in [4.69, 9.17) is 10.5 Å². The highest BCUT2D eigenvalue weighted by atomic mass is 16.5. The molecular formula is C18H18N6O5. The first kappa shape index (κ1) is 18.7. The first-order chi connectivity index (χ1) is 14.0. The highest BCUT2D eigenvalue weighted by Crippen LogP contribution is 2.30. The Labute approximate surface area is 163 Å². The lowest BCUT2D eigenvalue weighted by atomic mass is 10.2. The predicted octanol–water partition coefficient (Wildman–Crippen LogP) is -0.351. The second-order valence-corrected chi connectivity index (χ2v) is 6.43. The van der Waals surface area contributed by atoms with Crippen LogP contribution in [0.4, 0.5) is 5.82 Å². The molecule has 1 aliphatic heterocycles. The number of nitrogen functional groups attached to an aromatic ring is 1. The van der Waals surface area contributed by atoms with Crippen molar-refractivity contribution in [2.75, 3.05) is 12.3 Å². The van der Waals surface area contributed by atoms with E-state index in [-0.39, 0.29) is 18.0 Å². The molecule has 29 heavy (non-hydrogen) atoms. The lowest BCUT2D eigenvalue weighted by Crippen LogP contribution is -2.34. The summed E-state index contributed by atoms with van der Waals surface area (Å²) in [5.41, 5.74) is 6.99. The van der Waals surface area contributed by atoms with E-state index in [2.05, 4.69) is 15.3 Å². The zero-order valence-corrected chi connectivity index (χ0v) is 15.1. The molecule has 0 aliphatic carbocycles. The molecule has 0 bridgehead atoms. The number of aromatic nitrogens is 5. The van der Waals surface area contributed by atoms with E-state index in [1.807, 2.05) is 30.3 Å². The number of rotatable bonds is 5. The Morgan fingerprint density at radius 3 is 2.66 bits per heavy atom. The molecule has 11 heteroatoms. The minimum atomic E-state index is -1.52. The minimum Gasteiger partial charge on any atom is -0.506 e. The molecule has 1 aliphatic rings. The van der Waals surface area contributed by atoms with Gasteiger partial charge in [-0.25, -0.2) is 9.48 Å². The van der Waals surface area contributed by atoms with E-state index in [1.165, 1.54) is 6.20 Å². The molecular weight excluding hydrogens is 380 g/mol. The monoisotopic (exact) mass is 398 g/mol. The van der Waals surface area contributed by atoms with Crippen LogP contribution in [0.3, 0.4) is 0 Å². The van der Waals surface area contributed by atoms with Crippen LogP contribution in [0.15, 0.2) is 59.0 Å². The maximum Gasteiger partial charge on any atom is 0.352 e. The maximum absolute atomic E-state index is 12.3. The Kier molecular flexibility index (Phi) is 4.74. The fraction of sp³-hybridized carbons (Fsp3) is 0.222. The van der Waals surface area contributed by atoms with E-state index >= 15 is 0 Å². The summed E-state index contributed by atoms with van der Waals surface area (Å²) >= 11 is 0. The first-order valence-corrected chi connectivity index (χ1v) is 8.69. The highest BCUT2D eigenvalue weighted by molar-refractivity contribution is 5.40. The number of ether oxygens (including phenoxy) is 1. The van der Waals surface area contributed by atoms with Gasteiger partial charge in [0.05, 0.1) is 17.6 Å². The summed E-state index contributed by atoms with van der Waals surface area (Å²) in [4.78, 5) is 16.0. The van der Waals surface area contributed by atoms with Crippen molar-refractivity contribution in [2.24, 2.45) is 0 Å². The molecule has 3 aromatic rings. The molecule has 5 N–H and O–H groups in total. The number of hydrogen-bond donors (Lipinski definition) is 4. The number of hydrogen-bond acceptors (Lipinski definition) is 9. The van der Waals surface area contributed by atoms with Crippen LogP contribution in [-0.4, -0.2) is 52.6 Å². The SMILES string of the molecule is Nc1nc(=O)n([C@@H]2OC(CO)=C(O)C2O)cc1Cc1cn(-c2ccccc2)nn1. The standard InChI is InChI=1S/C18H18N6O5/c19-16-10(6-11-8-24(22-21-11)12-4-2-1-3-5-12)7-23(18(28)20-16)17-15(27)14(26)13(9-25)29-17/h1-5,7-8,15,17,25-27H,6,9H2,(H2,19,20,28)/t15?,17-/m1/s1. The molecule has 4 rings (SSSR count). The summed E-state index contributed by atoms with van der Waals surface area (Å²) in [5, 5.41) is 37.3. The van der Waals surface area contributed by atoms with Crippen LogP contribution >= 0.6 is 0 Å². The fourth-order valence-electron chi connectivity index (χ4n) is 3.02. The number of aliphatic hydroxyl groups excluding tert-OH is 3. The van der Waals surface area contributed by atoms with Gasteiger partial charge in [0.15, 0.2) is 17.6 Å². The van der Waals surface area contributed by atoms with E-state index in [0.29, 0.717) is 11.3 Å². The lowest BCUT2D eigenvalue weighted by Gasteiger charge is -2.19. The van der Waals surface area contributed by atoms with Crippen LogP contribution in [0.1, 0.15) is 17.5 Å². The Hall–Kier alpha value is -3.70. The molecule has 0 saturated carbocycles. The highest BCUT2D eigenvalue weighted by Gasteiger charge is 2.37. The van der Waals surface area contributed by atoms with Crippen LogP contribution in [0, 0.1) is 0 Å². The number of nitrogens with zero attached hydrogens (tertiary/aromatic N) is 5. The van der Waals surface area contributed by atoms with Gasteiger partial charge >= 0.3 is 5.69 Å². The summed E-state index contributed by atoms with van der Waals surface area (Å²) in [5.74, 6) is -0.736. The van der Waals surface area contributed by atoms with Crippen molar-refractivity contribution in [3.8, 4) is 5.69 Å². The second kappa shape index (κ2) is 7.37. The van der Waals surface area contributed by atoms with Gasteiger partial charge in [0, 0.05) is 18.2 Å². The van der Waals surface area contributed by atoms with Gasteiger partial charge in [0.2, 0.25) is 6.23 Å². The maximum atomic E-state index is 12.3. The second-order valence-electron chi connectivity index (χ2n) is 6.43. The van der Waals surface area contributed by atoms with Crippen molar-refractivity contribution in [3.05, 3.63) is 76.0 Å². The molecule has 0 radical (unpaired) electrons. The third-order valence-electron chi connectivity index (χ3n) is 4.51. The molecule has 0 saturated heterocycles. The van der Waals surface area contributed by atoms with Gasteiger partial charge in [-0.3, -0.25) is 4.57 Å². The third-order valence-corrected chi connectivity index (χ3v) is 4.51. The summed E-state index contributed by atoms with van der Waals surface area (Å²) in [6.07, 6.45) is 0.542. The topological polar surface area (TPSA) is 162 Å². The largest absolute Gasteiger partial charge is 0.506 e. The molecule has 150 valence electrons. The van der Waals surface area contributed by atoms with Crippen molar-refractivity contribution in [1.29, 1.82) is 0 Å². The van der Waals surface area contributed by atoms with Gasteiger partial charge in [0.25, 0.3) is 0 Å². The zero-order chi connectivity index (χ0) is 20.5. The zero-order valence-electron chi connectivity index (χ0n) is 15.1. The third kappa shape index (κ3) is 3.44. The van der Waals surface area contributed by atoms with Gasteiger partial charge in [-0.15, -0.1) is 5.10 Å². The van der Waals surface area contributed by atoms with E-state index in [1.54, 1.807) is 10.9 Å². The summed E-state index contributed by atoms with van der Waals surface area (Å²) < 4.78 is 7.90. The fourth-order valence-corrected chi connectivity index (χ4v) is 3.02. The van der Waals surface area contributed by atoms with Crippen molar-refractivity contribution >= 4 is 5.82 Å². The van der Waals surface area contributed by atoms with E-state index in [9.17, 15) is 20.1 Å². The van der Waals surface area contributed by atoms with Gasteiger partial charge in [-0.2, -0.15) is 4.98 Å². The molecule has 11 nitrogen and oxygen atoms in total. The number of aliphatic hydroxyl groups is 3. The number of nitrogens with two attached hydrogens (primary N) is 1. The predicted molar refractivity (Wildman–Crippen MR) is 99.9 cm³/mol. The Balaban J connectivity index is 1.62. The average Bonchev–Trinajstić information content (AvgIpc) is 3.30. The number of para-hydroxylation sites is 1. The molecule has 1 unspecified atom stereocenters. The molecule has 3 heterocycles. The van der Waals surface area contributed by atoms with Gasteiger partial charge in [0.1, 0.15) is 12.4 Å². The Morgan fingerprint density at radius 2 is 1.97 bits per heavy atom. The quantitative estimate of drug-likeness (QED) is 0.450. The summed E-state index contributed by atoms with van der Waals surface area (Å²) in [6.45, 7) is -0.619. The summed E-state index contributed by atoms with van der Waals surface area (Å²) in [6, 6.07) is 9.42. The average molecular weight is 398 g/mol. The molecule has 1 aromatic carbocycles. The van der Waals surface area contributed by atoms with Crippen LogP contribution in [-0.2, 0) is 11.2 Å². The molecule has 0 amide bonds. The van der Waals surface area contributed by atoms with Crippen LogP contribution < -0.4 is 11.4 Å². The van der Waals surface area contributed by atoms with Crippen molar-refractivity contribution in [3.63, 3.8) is 0 Å². The smallest absolute Gasteiger partial charge is 0.352 e. The molecule has 0 spiro atoms. The number of benzene rings is 1. The summed E-state index contributed by atoms with van der Waals surface area (Å²) in [7, 11) is 0. The normalized spacial score (nSPS) is 18.8. The van der Waals surface area contributed by atoms with Crippen LogP contribution in [0.5, 0.6) is 0 Å². The van der Waals surface area contributed by atoms with Crippen molar-refractivity contribution < 1.29 is 20.1 Å². The first-order valence-electron chi connectivity index (χ1n) is 8.69. The van der Waals surface area contributed by atoms with Crippen LogP contribution in [0.25, 0.3) is 5.69 Å². The lowest BCUT2D eigenvalue weighted by molar-refractivity contribution is -0.0172. The van der Waals surface area contributed by atoms with E-state index < -0.39 is 30.4 Å². The molecule has 0 fully saturated rings. The van der Waals surface area contributed by atoms with Crippen molar-refractivity contribution in [1.82, 2.24) is 24.5 Å². The minimum absolute atomic E-state index is 0.00700. The van der Waals surface area contributed by atoms with Gasteiger partial charge in [-0.1, -0.05) is 23.4 Å². The van der Waals surface area contributed by atoms with E-state index in [0.717, 1.165) is 10.3 Å².